The first-order valence-electron chi connectivity index (χ1n) is 6.42. The number of phenols is 1. The van der Waals surface area contributed by atoms with E-state index < -0.39 is 0 Å². The van der Waals surface area contributed by atoms with Gasteiger partial charge in [0, 0.05) is 0 Å². The summed E-state index contributed by atoms with van der Waals surface area (Å²) in [5.74, 6) is 0.960. The van der Waals surface area contributed by atoms with E-state index in [1.807, 2.05) is 18.2 Å². The first kappa shape index (κ1) is 12.2. The molecule has 1 heteroatoms. The summed E-state index contributed by atoms with van der Waals surface area (Å²) in [6.07, 6.45) is 4.50. The molecule has 1 aliphatic rings. The van der Waals surface area contributed by atoms with E-state index in [0.29, 0.717) is 17.1 Å². The predicted octanol–water partition coefficient (Wildman–Crippen LogP) is 4.32. The third-order valence-electron chi connectivity index (χ3n) is 3.91. The van der Waals surface area contributed by atoms with Gasteiger partial charge in [0.15, 0.2) is 0 Å². The highest BCUT2D eigenvalue weighted by Crippen LogP contribution is 2.42. The standard InChI is InChI=1S/C16H22O/c1-12-11-16(2,3)9-8-13(12)10-14-6-4-5-7-15(14)17/h4-7,13,17H,1,8-11H2,2-3H3. The first-order valence-corrected chi connectivity index (χ1v) is 6.42. The predicted molar refractivity (Wildman–Crippen MR) is 72.1 cm³/mol. The number of hydrogen-bond donors (Lipinski definition) is 1. The Bertz CT molecular complexity index is 417. The van der Waals surface area contributed by atoms with Crippen LogP contribution in [0.4, 0.5) is 0 Å². The Morgan fingerprint density at radius 3 is 2.71 bits per heavy atom. The highest BCUT2D eigenvalue weighted by atomic mass is 16.3. The molecule has 1 saturated carbocycles. The Hall–Kier alpha value is -1.24. The Labute approximate surface area is 104 Å². The number of para-hydroxylation sites is 1. The van der Waals surface area contributed by atoms with Crippen molar-refractivity contribution in [3.63, 3.8) is 0 Å². The second-order valence-corrected chi connectivity index (χ2v) is 6.07. The van der Waals surface area contributed by atoms with E-state index in [1.165, 1.54) is 18.4 Å². The summed E-state index contributed by atoms with van der Waals surface area (Å²) < 4.78 is 0. The lowest BCUT2D eigenvalue weighted by Crippen LogP contribution is -2.24. The van der Waals surface area contributed by atoms with Gasteiger partial charge in [0.1, 0.15) is 5.75 Å². The van der Waals surface area contributed by atoms with Crippen LogP contribution in [0.3, 0.4) is 0 Å². The third-order valence-corrected chi connectivity index (χ3v) is 3.91. The SMILES string of the molecule is C=C1CC(C)(C)CCC1Cc1ccccc1O. The molecular weight excluding hydrogens is 208 g/mol. The van der Waals surface area contributed by atoms with Crippen LogP contribution in [0.1, 0.15) is 38.7 Å². The zero-order chi connectivity index (χ0) is 12.5. The summed E-state index contributed by atoms with van der Waals surface area (Å²) in [5.41, 5.74) is 2.81. The van der Waals surface area contributed by atoms with E-state index in [0.717, 1.165) is 18.4 Å². The van der Waals surface area contributed by atoms with Crippen molar-refractivity contribution < 1.29 is 5.11 Å². The van der Waals surface area contributed by atoms with Crippen LogP contribution in [-0.2, 0) is 6.42 Å². The fourth-order valence-corrected chi connectivity index (χ4v) is 2.81. The van der Waals surface area contributed by atoms with E-state index in [1.54, 1.807) is 6.07 Å². The molecule has 1 atom stereocenters. The molecule has 1 unspecified atom stereocenters. The summed E-state index contributed by atoms with van der Waals surface area (Å²) in [7, 11) is 0. The van der Waals surface area contributed by atoms with Crippen molar-refractivity contribution in [3.05, 3.63) is 42.0 Å². The molecule has 0 spiro atoms. The summed E-state index contributed by atoms with van der Waals surface area (Å²) in [6, 6.07) is 7.65. The Morgan fingerprint density at radius 1 is 1.35 bits per heavy atom. The van der Waals surface area contributed by atoms with Crippen LogP contribution in [0.5, 0.6) is 5.75 Å². The largest absolute Gasteiger partial charge is 0.508 e. The Kier molecular flexibility index (Phi) is 3.28. The van der Waals surface area contributed by atoms with E-state index in [2.05, 4.69) is 20.4 Å². The van der Waals surface area contributed by atoms with Crippen molar-refractivity contribution in [3.8, 4) is 5.75 Å². The monoisotopic (exact) mass is 230 g/mol. The van der Waals surface area contributed by atoms with Gasteiger partial charge in [-0.3, -0.25) is 0 Å². The number of rotatable bonds is 2. The molecule has 0 aromatic heterocycles. The molecule has 1 aromatic carbocycles. The van der Waals surface area contributed by atoms with Crippen molar-refractivity contribution in [1.82, 2.24) is 0 Å². The van der Waals surface area contributed by atoms with Gasteiger partial charge in [-0.05, 0) is 48.6 Å². The van der Waals surface area contributed by atoms with Crippen molar-refractivity contribution in [2.75, 3.05) is 0 Å². The van der Waals surface area contributed by atoms with Crippen molar-refractivity contribution in [1.29, 1.82) is 0 Å². The normalized spacial score (nSPS) is 23.6. The molecule has 1 aliphatic carbocycles. The first-order chi connectivity index (χ1) is 7.98. The minimum Gasteiger partial charge on any atom is -0.508 e. The molecule has 92 valence electrons. The van der Waals surface area contributed by atoms with Crippen LogP contribution < -0.4 is 0 Å². The van der Waals surface area contributed by atoms with Gasteiger partial charge in [0.2, 0.25) is 0 Å². The summed E-state index contributed by atoms with van der Waals surface area (Å²) >= 11 is 0. The summed E-state index contributed by atoms with van der Waals surface area (Å²) in [5, 5.41) is 9.80. The molecule has 0 heterocycles. The van der Waals surface area contributed by atoms with Crippen LogP contribution in [0.25, 0.3) is 0 Å². The minimum absolute atomic E-state index is 0.409. The lowest BCUT2D eigenvalue weighted by Gasteiger charge is -2.36. The van der Waals surface area contributed by atoms with Crippen LogP contribution >= 0.6 is 0 Å². The van der Waals surface area contributed by atoms with Gasteiger partial charge in [-0.2, -0.15) is 0 Å². The molecule has 0 radical (unpaired) electrons. The third kappa shape index (κ3) is 2.91. The van der Waals surface area contributed by atoms with Gasteiger partial charge >= 0.3 is 0 Å². The highest BCUT2D eigenvalue weighted by molar-refractivity contribution is 5.33. The fourth-order valence-electron chi connectivity index (χ4n) is 2.81. The van der Waals surface area contributed by atoms with Crippen LogP contribution in [0.15, 0.2) is 36.4 Å². The second kappa shape index (κ2) is 4.56. The zero-order valence-electron chi connectivity index (χ0n) is 10.9. The average molecular weight is 230 g/mol. The maximum Gasteiger partial charge on any atom is 0.118 e. The number of allylic oxidation sites excluding steroid dienone is 1. The van der Waals surface area contributed by atoms with Gasteiger partial charge in [-0.1, -0.05) is 44.2 Å². The van der Waals surface area contributed by atoms with Crippen molar-refractivity contribution >= 4 is 0 Å². The Morgan fingerprint density at radius 2 is 2.06 bits per heavy atom. The van der Waals surface area contributed by atoms with Crippen LogP contribution in [0, 0.1) is 11.3 Å². The number of hydrogen-bond acceptors (Lipinski definition) is 1. The van der Waals surface area contributed by atoms with Crippen LogP contribution in [0.2, 0.25) is 0 Å². The molecule has 0 saturated heterocycles. The lowest BCUT2D eigenvalue weighted by molar-refractivity contribution is 0.248. The lowest BCUT2D eigenvalue weighted by atomic mass is 9.69. The van der Waals surface area contributed by atoms with Gasteiger partial charge < -0.3 is 5.11 Å². The molecule has 1 aromatic rings. The van der Waals surface area contributed by atoms with Gasteiger partial charge in [0.05, 0.1) is 0 Å². The minimum atomic E-state index is 0.409. The number of aromatic hydroxyl groups is 1. The molecule has 0 bridgehead atoms. The van der Waals surface area contributed by atoms with E-state index in [-0.39, 0.29) is 0 Å². The fraction of sp³-hybridized carbons (Fsp3) is 0.500. The maximum atomic E-state index is 9.80. The smallest absolute Gasteiger partial charge is 0.118 e. The van der Waals surface area contributed by atoms with Gasteiger partial charge in [-0.15, -0.1) is 0 Å². The molecule has 0 amide bonds. The van der Waals surface area contributed by atoms with Crippen molar-refractivity contribution in [2.24, 2.45) is 11.3 Å². The maximum absolute atomic E-state index is 9.80. The van der Waals surface area contributed by atoms with Gasteiger partial charge in [0.25, 0.3) is 0 Å². The molecule has 0 aliphatic heterocycles. The quantitative estimate of drug-likeness (QED) is 0.750. The zero-order valence-corrected chi connectivity index (χ0v) is 10.9. The molecule has 2 rings (SSSR count). The van der Waals surface area contributed by atoms with E-state index in [9.17, 15) is 5.11 Å². The highest BCUT2D eigenvalue weighted by Gasteiger charge is 2.29. The molecule has 1 nitrogen and oxygen atoms in total. The summed E-state index contributed by atoms with van der Waals surface area (Å²) in [6.45, 7) is 8.86. The second-order valence-electron chi connectivity index (χ2n) is 6.07. The molecule has 1 fully saturated rings. The van der Waals surface area contributed by atoms with Crippen LogP contribution in [-0.4, -0.2) is 5.11 Å². The summed E-state index contributed by atoms with van der Waals surface area (Å²) in [4.78, 5) is 0. The molecule has 1 N–H and O–H groups in total. The van der Waals surface area contributed by atoms with Crippen molar-refractivity contribution in [2.45, 2.75) is 39.5 Å². The van der Waals surface area contributed by atoms with E-state index >= 15 is 0 Å². The van der Waals surface area contributed by atoms with E-state index in [4.69, 9.17) is 0 Å². The topological polar surface area (TPSA) is 20.2 Å². The number of phenolic OH excluding ortho intramolecular Hbond substituents is 1. The Balaban J connectivity index is 2.06. The molecular formula is C16H22O. The average Bonchev–Trinajstić information content (AvgIpc) is 2.24. The van der Waals surface area contributed by atoms with Gasteiger partial charge in [-0.25, -0.2) is 0 Å². The number of benzene rings is 1. The molecule has 17 heavy (non-hydrogen) atoms.